The second kappa shape index (κ2) is 6.06. The Hall–Kier alpha value is -0.510. The van der Waals surface area contributed by atoms with Crippen molar-refractivity contribution >= 4 is 11.8 Å². The first-order valence-corrected chi connectivity index (χ1v) is 5.79. The summed E-state index contributed by atoms with van der Waals surface area (Å²) in [5, 5.41) is 8.65. The molecule has 0 aromatic heterocycles. The van der Waals surface area contributed by atoms with E-state index in [1.54, 1.807) is 11.8 Å². The molecule has 0 saturated heterocycles. The van der Waals surface area contributed by atoms with Gasteiger partial charge < -0.3 is 10.8 Å². The number of aryl methyl sites for hydroxylation is 1. The third kappa shape index (κ3) is 3.33. The van der Waals surface area contributed by atoms with Gasteiger partial charge in [0.15, 0.2) is 0 Å². The Kier molecular flexibility index (Phi) is 5.01. The van der Waals surface area contributed by atoms with Crippen molar-refractivity contribution in [1.29, 1.82) is 0 Å². The average Bonchev–Trinajstić information content (AvgIpc) is 2.18. The fourth-order valence-electron chi connectivity index (χ4n) is 1.24. The van der Waals surface area contributed by atoms with E-state index in [1.807, 2.05) is 0 Å². The highest BCUT2D eigenvalue weighted by molar-refractivity contribution is 7.99. The van der Waals surface area contributed by atoms with Crippen molar-refractivity contribution < 1.29 is 5.11 Å². The lowest BCUT2D eigenvalue weighted by Gasteiger charge is -2.05. The summed E-state index contributed by atoms with van der Waals surface area (Å²) < 4.78 is 0. The average molecular weight is 211 g/mol. The van der Waals surface area contributed by atoms with Crippen LogP contribution in [0.5, 0.6) is 0 Å². The van der Waals surface area contributed by atoms with Crippen LogP contribution >= 0.6 is 11.8 Å². The molecule has 0 spiro atoms. The molecule has 3 N–H and O–H groups in total. The quantitative estimate of drug-likeness (QED) is 0.578. The summed E-state index contributed by atoms with van der Waals surface area (Å²) >= 11 is 1.78. The summed E-state index contributed by atoms with van der Waals surface area (Å²) in [5.41, 5.74) is 8.04. The molecule has 1 aromatic rings. The highest BCUT2D eigenvalue weighted by Crippen LogP contribution is 2.21. The fourth-order valence-corrected chi connectivity index (χ4v) is 2.18. The van der Waals surface area contributed by atoms with E-state index in [0.717, 1.165) is 12.2 Å². The number of aliphatic hydroxyl groups is 1. The van der Waals surface area contributed by atoms with Gasteiger partial charge in [-0.15, -0.1) is 11.8 Å². The monoisotopic (exact) mass is 211 g/mol. The molecule has 0 bridgehead atoms. The molecular weight excluding hydrogens is 194 g/mol. The predicted molar refractivity (Wildman–Crippen MR) is 61.5 cm³/mol. The largest absolute Gasteiger partial charge is 0.396 e. The maximum atomic E-state index is 8.65. The molecule has 0 aliphatic rings. The first-order chi connectivity index (χ1) is 6.77. The Morgan fingerprint density at radius 2 is 2.21 bits per heavy atom. The van der Waals surface area contributed by atoms with Crippen molar-refractivity contribution in [3.63, 3.8) is 0 Å². The highest BCUT2D eigenvalue weighted by Gasteiger charge is 1.98. The number of hydrogen-bond donors (Lipinski definition) is 2. The summed E-state index contributed by atoms with van der Waals surface area (Å²) in [6, 6.07) is 6.33. The van der Waals surface area contributed by atoms with Gasteiger partial charge in [-0.1, -0.05) is 6.07 Å². The Labute approximate surface area is 89.5 Å². The van der Waals surface area contributed by atoms with Crippen molar-refractivity contribution in [2.24, 2.45) is 5.73 Å². The van der Waals surface area contributed by atoms with Gasteiger partial charge in [-0.25, -0.2) is 0 Å². The van der Waals surface area contributed by atoms with E-state index in [0.29, 0.717) is 6.54 Å². The SMILES string of the molecule is Cc1cc(SCCCO)ccc1CN. The second-order valence-corrected chi connectivity index (χ2v) is 4.39. The number of hydrogen-bond acceptors (Lipinski definition) is 3. The summed E-state index contributed by atoms with van der Waals surface area (Å²) in [6.07, 6.45) is 0.850. The van der Waals surface area contributed by atoms with E-state index >= 15 is 0 Å². The van der Waals surface area contributed by atoms with Gasteiger partial charge in [-0.2, -0.15) is 0 Å². The molecule has 2 nitrogen and oxygen atoms in total. The van der Waals surface area contributed by atoms with Gasteiger partial charge in [0, 0.05) is 23.8 Å². The molecule has 0 unspecified atom stereocenters. The smallest absolute Gasteiger partial charge is 0.0439 e. The van der Waals surface area contributed by atoms with E-state index in [1.165, 1.54) is 16.0 Å². The molecule has 1 rings (SSSR count). The van der Waals surface area contributed by atoms with Crippen LogP contribution in [-0.2, 0) is 6.54 Å². The molecule has 78 valence electrons. The first kappa shape index (κ1) is 11.6. The second-order valence-electron chi connectivity index (χ2n) is 3.22. The van der Waals surface area contributed by atoms with E-state index in [9.17, 15) is 0 Å². The van der Waals surface area contributed by atoms with Crippen LogP contribution in [0.4, 0.5) is 0 Å². The molecule has 1 aromatic carbocycles. The number of rotatable bonds is 5. The Bertz CT molecular complexity index is 289. The minimum atomic E-state index is 0.271. The minimum Gasteiger partial charge on any atom is -0.396 e. The summed E-state index contributed by atoms with van der Waals surface area (Å²) in [7, 11) is 0. The maximum Gasteiger partial charge on any atom is 0.0439 e. The van der Waals surface area contributed by atoms with Crippen LogP contribution in [0.1, 0.15) is 17.5 Å². The predicted octanol–water partition coefficient (Wildman–Crippen LogP) is 1.93. The molecule has 0 heterocycles. The van der Waals surface area contributed by atoms with Gasteiger partial charge in [0.25, 0.3) is 0 Å². The molecule has 0 aliphatic heterocycles. The van der Waals surface area contributed by atoms with Gasteiger partial charge in [0.2, 0.25) is 0 Å². The fraction of sp³-hybridized carbons (Fsp3) is 0.455. The first-order valence-electron chi connectivity index (χ1n) is 4.81. The third-order valence-electron chi connectivity index (χ3n) is 2.11. The molecule has 0 saturated carbocycles. The molecule has 0 atom stereocenters. The summed E-state index contributed by atoms with van der Waals surface area (Å²) in [4.78, 5) is 1.26. The Morgan fingerprint density at radius 3 is 2.79 bits per heavy atom. The Morgan fingerprint density at radius 1 is 1.43 bits per heavy atom. The van der Waals surface area contributed by atoms with Gasteiger partial charge in [-0.3, -0.25) is 0 Å². The van der Waals surface area contributed by atoms with Gasteiger partial charge in [0.05, 0.1) is 0 Å². The van der Waals surface area contributed by atoms with Gasteiger partial charge >= 0.3 is 0 Å². The molecule has 14 heavy (non-hydrogen) atoms. The number of benzene rings is 1. The van der Waals surface area contributed by atoms with Crippen LogP contribution in [0.3, 0.4) is 0 Å². The molecular formula is C11H17NOS. The van der Waals surface area contributed by atoms with Crippen LogP contribution in [0, 0.1) is 6.92 Å². The molecule has 0 radical (unpaired) electrons. The van der Waals surface area contributed by atoms with E-state index in [2.05, 4.69) is 25.1 Å². The van der Waals surface area contributed by atoms with Gasteiger partial charge in [-0.05, 0) is 36.6 Å². The van der Waals surface area contributed by atoms with Crippen LogP contribution in [0.2, 0.25) is 0 Å². The molecule has 0 aliphatic carbocycles. The zero-order chi connectivity index (χ0) is 10.4. The number of thioether (sulfide) groups is 1. The topological polar surface area (TPSA) is 46.2 Å². The van der Waals surface area contributed by atoms with E-state index in [4.69, 9.17) is 10.8 Å². The molecule has 0 amide bonds. The zero-order valence-electron chi connectivity index (χ0n) is 8.49. The van der Waals surface area contributed by atoms with E-state index < -0.39 is 0 Å². The molecule has 0 fully saturated rings. The summed E-state index contributed by atoms with van der Waals surface area (Å²) in [5.74, 6) is 0.970. The maximum absolute atomic E-state index is 8.65. The number of aliphatic hydroxyl groups excluding tert-OH is 1. The molecule has 3 heteroatoms. The van der Waals surface area contributed by atoms with Gasteiger partial charge in [0.1, 0.15) is 0 Å². The highest BCUT2D eigenvalue weighted by atomic mass is 32.2. The van der Waals surface area contributed by atoms with E-state index in [-0.39, 0.29) is 6.61 Å². The van der Waals surface area contributed by atoms with Crippen molar-refractivity contribution in [3.05, 3.63) is 29.3 Å². The lowest BCUT2D eigenvalue weighted by Crippen LogP contribution is -1.98. The zero-order valence-corrected chi connectivity index (χ0v) is 9.31. The van der Waals surface area contributed by atoms with Crippen LogP contribution < -0.4 is 5.73 Å². The van der Waals surface area contributed by atoms with Crippen molar-refractivity contribution in [2.75, 3.05) is 12.4 Å². The van der Waals surface area contributed by atoms with Crippen molar-refractivity contribution in [3.8, 4) is 0 Å². The lowest BCUT2D eigenvalue weighted by molar-refractivity contribution is 0.296. The summed E-state index contributed by atoms with van der Waals surface area (Å²) in [6.45, 7) is 2.96. The van der Waals surface area contributed by atoms with Crippen LogP contribution in [0.25, 0.3) is 0 Å². The lowest BCUT2D eigenvalue weighted by atomic mass is 10.1. The van der Waals surface area contributed by atoms with Crippen molar-refractivity contribution in [1.82, 2.24) is 0 Å². The third-order valence-corrected chi connectivity index (χ3v) is 3.19. The minimum absolute atomic E-state index is 0.271. The van der Waals surface area contributed by atoms with Crippen LogP contribution in [-0.4, -0.2) is 17.5 Å². The number of nitrogens with two attached hydrogens (primary N) is 1. The van der Waals surface area contributed by atoms with Crippen molar-refractivity contribution in [2.45, 2.75) is 24.8 Å². The van der Waals surface area contributed by atoms with Crippen LogP contribution in [0.15, 0.2) is 23.1 Å². The normalized spacial score (nSPS) is 10.5. The Balaban J connectivity index is 2.57. The standard InChI is InChI=1S/C11H17NOS/c1-9-7-11(14-6-2-5-13)4-3-10(9)8-12/h3-4,7,13H,2,5-6,8,12H2,1H3.